The van der Waals surface area contributed by atoms with Gasteiger partial charge in [0.25, 0.3) is 0 Å². The third-order valence-corrected chi connectivity index (χ3v) is 2.56. The molecular formula is C9H9BrClNO2. The molecule has 0 unspecified atom stereocenters. The van der Waals surface area contributed by atoms with E-state index in [0.29, 0.717) is 27.4 Å². The minimum Gasteiger partial charge on any atom is -0.462 e. The number of halogens is 2. The van der Waals surface area contributed by atoms with Crippen LogP contribution in [0, 0.1) is 0 Å². The van der Waals surface area contributed by atoms with Gasteiger partial charge in [-0.25, -0.2) is 4.79 Å². The van der Waals surface area contributed by atoms with Gasteiger partial charge >= 0.3 is 5.97 Å². The number of hydrogen-bond donors (Lipinski definition) is 1. The predicted molar refractivity (Wildman–Crippen MR) is 59.5 cm³/mol. The van der Waals surface area contributed by atoms with Crippen LogP contribution in [0.1, 0.15) is 17.3 Å². The van der Waals surface area contributed by atoms with Crippen molar-refractivity contribution in [3.05, 3.63) is 27.2 Å². The number of anilines is 1. The number of carbonyl (C=O) groups excluding carboxylic acids is 1. The molecule has 1 aromatic rings. The molecule has 3 nitrogen and oxygen atoms in total. The Morgan fingerprint density at radius 2 is 2.29 bits per heavy atom. The van der Waals surface area contributed by atoms with Crippen molar-refractivity contribution >= 4 is 39.2 Å². The lowest BCUT2D eigenvalue weighted by molar-refractivity contribution is 0.0526. The van der Waals surface area contributed by atoms with Gasteiger partial charge in [-0.05, 0) is 35.0 Å². The minimum absolute atomic E-state index is 0.332. The van der Waals surface area contributed by atoms with E-state index < -0.39 is 5.97 Å². The fourth-order valence-electron chi connectivity index (χ4n) is 0.917. The first-order chi connectivity index (χ1) is 6.56. The average molecular weight is 279 g/mol. The summed E-state index contributed by atoms with van der Waals surface area (Å²) in [5, 5.41) is 0.336. The number of rotatable bonds is 2. The molecule has 0 bridgehead atoms. The third kappa shape index (κ3) is 2.39. The molecule has 2 N–H and O–H groups in total. The molecule has 0 radical (unpaired) electrons. The lowest BCUT2D eigenvalue weighted by Crippen LogP contribution is -2.05. The van der Waals surface area contributed by atoms with E-state index >= 15 is 0 Å². The number of ether oxygens (including phenoxy) is 1. The molecule has 5 heteroatoms. The van der Waals surface area contributed by atoms with Crippen LogP contribution in [0.4, 0.5) is 5.69 Å². The van der Waals surface area contributed by atoms with Gasteiger partial charge < -0.3 is 10.5 Å². The average Bonchev–Trinajstić information content (AvgIpc) is 2.13. The van der Waals surface area contributed by atoms with Gasteiger partial charge in [-0.1, -0.05) is 11.6 Å². The largest absolute Gasteiger partial charge is 0.462 e. The van der Waals surface area contributed by atoms with Gasteiger partial charge in [-0.2, -0.15) is 0 Å². The predicted octanol–water partition coefficient (Wildman–Crippen LogP) is 2.86. The highest BCUT2D eigenvalue weighted by atomic mass is 79.9. The fraction of sp³-hybridized carbons (Fsp3) is 0.222. The number of esters is 1. The maximum absolute atomic E-state index is 11.3. The van der Waals surface area contributed by atoms with Crippen LogP contribution < -0.4 is 5.73 Å². The van der Waals surface area contributed by atoms with Gasteiger partial charge in [-0.3, -0.25) is 0 Å². The Morgan fingerprint density at radius 1 is 1.64 bits per heavy atom. The van der Waals surface area contributed by atoms with E-state index in [1.807, 2.05) is 0 Å². The number of hydrogen-bond acceptors (Lipinski definition) is 3. The summed E-state index contributed by atoms with van der Waals surface area (Å²) in [6, 6.07) is 3.07. The van der Waals surface area contributed by atoms with E-state index in [-0.39, 0.29) is 0 Å². The first-order valence-electron chi connectivity index (χ1n) is 3.98. The van der Waals surface area contributed by atoms with E-state index in [1.54, 1.807) is 13.0 Å². The second kappa shape index (κ2) is 4.66. The molecule has 0 aliphatic rings. The van der Waals surface area contributed by atoms with Crippen LogP contribution in [-0.2, 0) is 4.74 Å². The minimum atomic E-state index is -0.407. The Hall–Kier alpha value is -0.740. The van der Waals surface area contributed by atoms with Crippen LogP contribution in [0.3, 0.4) is 0 Å². The molecule has 14 heavy (non-hydrogen) atoms. The Labute approximate surface area is 95.3 Å². The zero-order chi connectivity index (χ0) is 10.7. The van der Waals surface area contributed by atoms with Crippen molar-refractivity contribution in [2.75, 3.05) is 12.3 Å². The molecule has 0 aliphatic carbocycles. The molecular weight excluding hydrogens is 269 g/mol. The second-order valence-corrected chi connectivity index (χ2v) is 3.84. The van der Waals surface area contributed by atoms with Gasteiger partial charge in [0.2, 0.25) is 0 Å². The Bertz CT molecular complexity index is 345. The van der Waals surface area contributed by atoms with Gasteiger partial charge in [0.15, 0.2) is 0 Å². The molecule has 0 saturated carbocycles. The van der Waals surface area contributed by atoms with Crippen LogP contribution in [-0.4, -0.2) is 12.6 Å². The maximum atomic E-state index is 11.3. The quantitative estimate of drug-likeness (QED) is 0.668. The zero-order valence-electron chi connectivity index (χ0n) is 7.51. The zero-order valence-corrected chi connectivity index (χ0v) is 9.85. The first-order valence-corrected chi connectivity index (χ1v) is 5.15. The van der Waals surface area contributed by atoms with Crippen LogP contribution in [0.2, 0.25) is 5.02 Å². The highest BCUT2D eigenvalue weighted by Crippen LogP contribution is 2.29. The Morgan fingerprint density at radius 3 is 2.79 bits per heavy atom. The van der Waals surface area contributed by atoms with Gasteiger partial charge in [0, 0.05) is 4.47 Å². The van der Waals surface area contributed by atoms with E-state index in [4.69, 9.17) is 22.1 Å². The Kier molecular flexibility index (Phi) is 3.77. The number of carbonyl (C=O) groups is 1. The van der Waals surface area contributed by atoms with Crippen LogP contribution >= 0.6 is 27.5 Å². The highest BCUT2D eigenvalue weighted by molar-refractivity contribution is 9.10. The standard InChI is InChI=1S/C9H9BrClNO2/c1-2-14-9(13)5-3-6(10)8(12)7(11)4-5/h3-4H,2,12H2,1H3. The molecule has 0 spiro atoms. The van der Waals surface area contributed by atoms with Gasteiger partial charge in [0.1, 0.15) is 0 Å². The summed E-state index contributed by atoms with van der Waals surface area (Å²) in [6.07, 6.45) is 0. The van der Waals surface area contributed by atoms with Crippen molar-refractivity contribution < 1.29 is 9.53 Å². The molecule has 1 aromatic carbocycles. The van der Waals surface area contributed by atoms with Crippen LogP contribution in [0.25, 0.3) is 0 Å². The van der Waals surface area contributed by atoms with Crippen molar-refractivity contribution in [1.82, 2.24) is 0 Å². The fourth-order valence-corrected chi connectivity index (χ4v) is 1.71. The van der Waals surface area contributed by atoms with Crippen molar-refractivity contribution in [2.24, 2.45) is 0 Å². The SMILES string of the molecule is CCOC(=O)c1cc(Cl)c(N)c(Br)c1. The molecule has 0 amide bonds. The summed E-state index contributed by atoms with van der Waals surface area (Å²) in [6.45, 7) is 2.07. The third-order valence-electron chi connectivity index (χ3n) is 1.59. The maximum Gasteiger partial charge on any atom is 0.338 e. The molecule has 0 aromatic heterocycles. The molecule has 0 atom stereocenters. The van der Waals surface area contributed by atoms with E-state index in [0.717, 1.165) is 0 Å². The topological polar surface area (TPSA) is 52.3 Å². The summed E-state index contributed by atoms with van der Waals surface area (Å²) in [4.78, 5) is 11.3. The summed E-state index contributed by atoms with van der Waals surface area (Å²) in [5.41, 5.74) is 6.40. The molecule has 76 valence electrons. The molecule has 0 saturated heterocycles. The lowest BCUT2D eigenvalue weighted by atomic mass is 10.2. The lowest BCUT2D eigenvalue weighted by Gasteiger charge is -2.05. The second-order valence-electron chi connectivity index (χ2n) is 2.57. The van der Waals surface area contributed by atoms with Gasteiger partial charge in [-0.15, -0.1) is 0 Å². The monoisotopic (exact) mass is 277 g/mol. The van der Waals surface area contributed by atoms with E-state index in [1.165, 1.54) is 6.07 Å². The number of benzene rings is 1. The molecule has 0 fully saturated rings. The normalized spacial score (nSPS) is 9.93. The molecule has 1 rings (SSSR count). The Balaban J connectivity index is 3.06. The highest BCUT2D eigenvalue weighted by Gasteiger charge is 2.11. The van der Waals surface area contributed by atoms with Crippen molar-refractivity contribution in [3.63, 3.8) is 0 Å². The van der Waals surface area contributed by atoms with Crippen LogP contribution in [0.15, 0.2) is 16.6 Å². The van der Waals surface area contributed by atoms with Crippen LogP contribution in [0.5, 0.6) is 0 Å². The summed E-state index contributed by atoms with van der Waals surface area (Å²) >= 11 is 9.00. The summed E-state index contributed by atoms with van der Waals surface area (Å²) < 4.78 is 5.41. The van der Waals surface area contributed by atoms with Crippen molar-refractivity contribution in [3.8, 4) is 0 Å². The smallest absolute Gasteiger partial charge is 0.338 e. The van der Waals surface area contributed by atoms with Crippen molar-refractivity contribution in [1.29, 1.82) is 0 Å². The number of nitrogens with two attached hydrogens (primary N) is 1. The van der Waals surface area contributed by atoms with E-state index in [9.17, 15) is 4.79 Å². The van der Waals surface area contributed by atoms with E-state index in [2.05, 4.69) is 15.9 Å². The molecule has 0 aliphatic heterocycles. The van der Waals surface area contributed by atoms with Crippen molar-refractivity contribution in [2.45, 2.75) is 6.92 Å². The first kappa shape index (κ1) is 11.3. The summed E-state index contributed by atoms with van der Waals surface area (Å²) in [7, 11) is 0. The number of nitrogen functional groups attached to an aromatic ring is 1. The molecule has 0 heterocycles. The summed E-state index contributed by atoms with van der Waals surface area (Å²) in [5.74, 6) is -0.407. The van der Waals surface area contributed by atoms with Gasteiger partial charge in [0.05, 0.1) is 22.9 Å².